The van der Waals surface area contributed by atoms with Crippen molar-refractivity contribution in [1.29, 1.82) is 0 Å². The molecule has 1 aromatic carbocycles. The van der Waals surface area contributed by atoms with Crippen LogP contribution in [0.15, 0.2) is 35.7 Å². The van der Waals surface area contributed by atoms with Gasteiger partial charge in [0, 0.05) is 0 Å². The van der Waals surface area contributed by atoms with Crippen LogP contribution in [0, 0.1) is 0 Å². The van der Waals surface area contributed by atoms with E-state index in [1.54, 1.807) is 6.08 Å². The normalized spacial score (nSPS) is 12.0. The molecule has 1 rings (SSSR count). The maximum atomic E-state index is 11.8. The number of hydrogen-bond acceptors (Lipinski definition) is 3. The van der Waals surface area contributed by atoms with Crippen LogP contribution in [0.5, 0.6) is 0 Å². The Morgan fingerprint density at radius 2 is 1.27 bits per heavy atom. The molecule has 0 heterocycles. The lowest BCUT2D eigenvalue weighted by molar-refractivity contribution is 0.311. The summed E-state index contributed by atoms with van der Waals surface area (Å²) in [7, 11) is -3.57. The fourth-order valence-electron chi connectivity index (χ4n) is 2.88. The van der Waals surface area contributed by atoms with Crippen molar-refractivity contribution in [2.75, 3.05) is 6.61 Å². The summed E-state index contributed by atoms with van der Waals surface area (Å²) < 4.78 is 28.6. The minimum Gasteiger partial charge on any atom is -0.267 e. The zero-order valence-corrected chi connectivity index (χ0v) is 17.2. The molecule has 0 amide bonds. The van der Waals surface area contributed by atoms with E-state index in [2.05, 4.69) is 6.92 Å². The highest BCUT2D eigenvalue weighted by atomic mass is 32.2. The van der Waals surface area contributed by atoms with Gasteiger partial charge in [-0.3, -0.25) is 4.18 Å². The molecule has 4 heteroatoms. The minimum atomic E-state index is -3.57. The van der Waals surface area contributed by atoms with E-state index in [0.717, 1.165) is 23.8 Å². The molecule has 0 bridgehead atoms. The van der Waals surface area contributed by atoms with Crippen LogP contribution < -0.4 is 0 Å². The topological polar surface area (TPSA) is 43.4 Å². The SMILES string of the molecule is CCCCCCCCCCCCCCOS(=O)(=O)C=Cc1ccccc1. The lowest BCUT2D eigenvalue weighted by atomic mass is 10.1. The molecular weight excluding hydrogens is 344 g/mol. The second-order valence-electron chi connectivity index (χ2n) is 6.92. The van der Waals surface area contributed by atoms with Crippen LogP contribution in [0.4, 0.5) is 0 Å². The number of benzene rings is 1. The first kappa shape index (κ1) is 22.9. The van der Waals surface area contributed by atoms with E-state index in [1.165, 1.54) is 64.2 Å². The van der Waals surface area contributed by atoms with Gasteiger partial charge in [0.05, 0.1) is 12.0 Å². The Morgan fingerprint density at radius 1 is 0.769 bits per heavy atom. The highest BCUT2D eigenvalue weighted by Gasteiger charge is 2.05. The summed E-state index contributed by atoms with van der Waals surface area (Å²) in [5.41, 5.74) is 0.852. The fourth-order valence-corrected chi connectivity index (χ4v) is 3.64. The van der Waals surface area contributed by atoms with E-state index in [-0.39, 0.29) is 6.61 Å². The zero-order valence-electron chi connectivity index (χ0n) is 16.4. The van der Waals surface area contributed by atoms with Crippen LogP contribution in [0.1, 0.15) is 89.5 Å². The van der Waals surface area contributed by atoms with Crippen molar-refractivity contribution in [3.8, 4) is 0 Å². The second-order valence-corrected chi connectivity index (χ2v) is 8.41. The van der Waals surface area contributed by atoms with Crippen LogP contribution in [0.3, 0.4) is 0 Å². The third kappa shape index (κ3) is 13.1. The van der Waals surface area contributed by atoms with Crippen LogP contribution >= 0.6 is 0 Å². The maximum absolute atomic E-state index is 11.8. The van der Waals surface area contributed by atoms with Crippen molar-refractivity contribution in [1.82, 2.24) is 0 Å². The molecule has 0 radical (unpaired) electrons. The summed E-state index contributed by atoms with van der Waals surface area (Å²) in [6.45, 7) is 2.53. The molecule has 0 spiro atoms. The molecule has 0 N–H and O–H groups in total. The predicted molar refractivity (Wildman–Crippen MR) is 111 cm³/mol. The van der Waals surface area contributed by atoms with Gasteiger partial charge in [-0.05, 0) is 18.1 Å². The van der Waals surface area contributed by atoms with Gasteiger partial charge in [-0.15, -0.1) is 0 Å². The number of hydrogen-bond donors (Lipinski definition) is 0. The van der Waals surface area contributed by atoms with Crippen molar-refractivity contribution in [3.05, 3.63) is 41.3 Å². The van der Waals surface area contributed by atoms with Gasteiger partial charge in [0.25, 0.3) is 10.1 Å². The molecule has 0 unspecified atom stereocenters. The molecule has 0 saturated carbocycles. The minimum absolute atomic E-state index is 0.277. The molecular formula is C22H36O3S. The summed E-state index contributed by atoms with van der Waals surface area (Å²) in [4.78, 5) is 0. The van der Waals surface area contributed by atoms with Gasteiger partial charge in [-0.2, -0.15) is 8.42 Å². The Morgan fingerprint density at radius 3 is 1.81 bits per heavy atom. The first-order valence-corrected chi connectivity index (χ1v) is 11.7. The molecule has 0 aliphatic carbocycles. The molecule has 0 atom stereocenters. The molecule has 0 fully saturated rings. The van der Waals surface area contributed by atoms with Crippen LogP contribution in [-0.2, 0) is 14.3 Å². The van der Waals surface area contributed by atoms with Crippen molar-refractivity contribution in [2.45, 2.75) is 84.0 Å². The molecule has 3 nitrogen and oxygen atoms in total. The van der Waals surface area contributed by atoms with Gasteiger partial charge in [-0.1, -0.05) is 108 Å². The molecule has 148 valence electrons. The maximum Gasteiger partial charge on any atom is 0.290 e. The summed E-state index contributed by atoms with van der Waals surface area (Å²) >= 11 is 0. The standard InChI is InChI=1S/C22H36O3S/c1-2-3-4-5-6-7-8-9-10-11-12-16-20-25-26(23,24)21-19-22-17-14-13-15-18-22/h13-15,17-19,21H,2-12,16,20H2,1H3. The van der Waals surface area contributed by atoms with Gasteiger partial charge in [0.1, 0.15) is 0 Å². The van der Waals surface area contributed by atoms with Crippen LogP contribution in [-0.4, -0.2) is 15.0 Å². The molecule has 26 heavy (non-hydrogen) atoms. The van der Waals surface area contributed by atoms with Gasteiger partial charge < -0.3 is 0 Å². The van der Waals surface area contributed by atoms with E-state index < -0.39 is 10.1 Å². The monoisotopic (exact) mass is 380 g/mol. The highest BCUT2D eigenvalue weighted by molar-refractivity contribution is 7.89. The van der Waals surface area contributed by atoms with Crippen molar-refractivity contribution in [2.24, 2.45) is 0 Å². The lowest BCUT2D eigenvalue weighted by Crippen LogP contribution is -2.03. The van der Waals surface area contributed by atoms with E-state index in [4.69, 9.17) is 4.18 Å². The third-order valence-corrected chi connectivity index (χ3v) is 5.44. The van der Waals surface area contributed by atoms with Gasteiger partial charge in [0.2, 0.25) is 0 Å². The first-order chi connectivity index (χ1) is 12.6. The van der Waals surface area contributed by atoms with Gasteiger partial charge in [-0.25, -0.2) is 0 Å². The third-order valence-electron chi connectivity index (χ3n) is 4.47. The fraction of sp³-hybridized carbons (Fsp3) is 0.636. The summed E-state index contributed by atoms with van der Waals surface area (Å²) in [6, 6.07) is 9.36. The van der Waals surface area contributed by atoms with Crippen molar-refractivity contribution >= 4 is 16.2 Å². The van der Waals surface area contributed by atoms with E-state index in [9.17, 15) is 8.42 Å². The second kappa shape index (κ2) is 15.0. The number of unbranched alkanes of at least 4 members (excludes halogenated alkanes) is 11. The predicted octanol–water partition coefficient (Wildman–Crippen LogP) is 6.70. The van der Waals surface area contributed by atoms with Gasteiger partial charge >= 0.3 is 0 Å². The molecule has 0 aliphatic rings. The lowest BCUT2D eigenvalue weighted by Gasteiger charge is -2.03. The van der Waals surface area contributed by atoms with Gasteiger partial charge in [0.15, 0.2) is 0 Å². The first-order valence-electron chi connectivity index (χ1n) is 10.3. The number of rotatable bonds is 16. The quantitative estimate of drug-likeness (QED) is 0.236. The summed E-state index contributed by atoms with van der Waals surface area (Å²) in [5, 5.41) is 1.14. The molecule has 1 aromatic rings. The largest absolute Gasteiger partial charge is 0.290 e. The zero-order chi connectivity index (χ0) is 18.9. The molecule has 0 saturated heterocycles. The Labute approximate surface area is 161 Å². The van der Waals surface area contributed by atoms with Crippen LogP contribution in [0.25, 0.3) is 6.08 Å². The van der Waals surface area contributed by atoms with Crippen LogP contribution in [0.2, 0.25) is 0 Å². The Bertz CT molecular complexity index is 564. The Kier molecular flexibility index (Phi) is 13.2. The summed E-state index contributed by atoms with van der Waals surface area (Å²) in [5.74, 6) is 0. The molecule has 0 aliphatic heterocycles. The summed E-state index contributed by atoms with van der Waals surface area (Å²) in [6.07, 6.45) is 16.7. The molecule has 0 aromatic heterocycles. The van der Waals surface area contributed by atoms with Crippen molar-refractivity contribution < 1.29 is 12.6 Å². The average molecular weight is 381 g/mol. The Balaban J connectivity index is 1.96. The van der Waals surface area contributed by atoms with Crippen molar-refractivity contribution in [3.63, 3.8) is 0 Å². The van der Waals surface area contributed by atoms with E-state index in [0.29, 0.717) is 0 Å². The van der Waals surface area contributed by atoms with E-state index >= 15 is 0 Å². The Hall–Kier alpha value is -1.13. The average Bonchev–Trinajstić information content (AvgIpc) is 2.65. The van der Waals surface area contributed by atoms with E-state index in [1.807, 2.05) is 30.3 Å². The highest BCUT2D eigenvalue weighted by Crippen LogP contribution is 2.12. The smallest absolute Gasteiger partial charge is 0.267 e.